The molecule has 0 spiro atoms. The molecule has 2 saturated heterocycles. The van der Waals surface area contributed by atoms with Gasteiger partial charge in [-0.15, -0.1) is 0 Å². The zero-order valence-electron chi connectivity index (χ0n) is 28.9. The molecule has 2 aromatic rings. The lowest BCUT2D eigenvalue weighted by atomic mass is 9.69. The lowest BCUT2D eigenvalue weighted by Crippen LogP contribution is -2.52. The summed E-state index contributed by atoms with van der Waals surface area (Å²) in [4.78, 5) is 47.4. The molecule has 274 valence electrons. The predicted octanol–water partition coefficient (Wildman–Crippen LogP) is 5.16. The van der Waals surface area contributed by atoms with E-state index in [0.29, 0.717) is 50.7 Å². The van der Waals surface area contributed by atoms with Crippen molar-refractivity contribution in [3.05, 3.63) is 71.8 Å². The molecule has 2 aliphatic rings. The van der Waals surface area contributed by atoms with E-state index in [0.717, 1.165) is 11.1 Å². The lowest BCUT2D eigenvalue weighted by Gasteiger charge is -2.44. The van der Waals surface area contributed by atoms with Gasteiger partial charge in [-0.1, -0.05) is 67.6 Å². The number of carbonyl (C=O) groups excluding carboxylic acids is 2. The Balaban J connectivity index is 1.40. The van der Waals surface area contributed by atoms with Gasteiger partial charge >= 0.3 is 23.9 Å². The second kappa shape index (κ2) is 16.7. The van der Waals surface area contributed by atoms with E-state index in [9.17, 15) is 39.1 Å². The van der Waals surface area contributed by atoms with Crippen molar-refractivity contribution < 1.29 is 53.6 Å². The highest BCUT2D eigenvalue weighted by Gasteiger charge is 2.49. The number of rotatable bonds is 18. The maximum atomic E-state index is 14.1. The van der Waals surface area contributed by atoms with Crippen LogP contribution in [0.4, 0.5) is 0 Å². The number of esters is 2. The van der Waals surface area contributed by atoms with Gasteiger partial charge in [0.15, 0.2) is 0 Å². The van der Waals surface area contributed by atoms with Crippen LogP contribution in [-0.4, -0.2) is 78.0 Å². The largest absolute Gasteiger partial charge is 0.616 e. The molecule has 2 heterocycles. The highest BCUT2D eigenvalue weighted by molar-refractivity contribution is 7.92. The van der Waals surface area contributed by atoms with Crippen LogP contribution in [0.15, 0.2) is 60.7 Å². The molecule has 4 rings (SSSR count). The summed E-state index contributed by atoms with van der Waals surface area (Å²) in [6, 6.07) is 19.2. The number of carbonyl (C=O) groups is 4. The summed E-state index contributed by atoms with van der Waals surface area (Å²) in [5.41, 5.74) is -2.22. The standard InChI is InChI=1S/C38H50O11S/c1-35(27-13-5-3-6-14-27,30-22-38(46,24-32(41)42)26-34(44)49-30)18-11-12-20-50(47)36(2,28-15-7-4-8-16-28)19-10-9-17-29-21-37(45,23-31(39)40)25-33(43)48-29/h3-8,13-16,29-30,45-46H,9-12,17-26H2,1-2H3,(H,39,40)(H,41,42). The van der Waals surface area contributed by atoms with Crippen LogP contribution in [-0.2, 0) is 50.0 Å². The maximum absolute atomic E-state index is 14.1. The third-order valence-electron chi connectivity index (χ3n) is 10.4. The molecule has 0 bridgehead atoms. The number of ether oxygens (including phenoxy) is 2. The Labute approximate surface area is 296 Å². The van der Waals surface area contributed by atoms with Crippen LogP contribution >= 0.6 is 0 Å². The fraction of sp³-hybridized carbons (Fsp3) is 0.579. The third-order valence-corrected chi connectivity index (χ3v) is 12.5. The van der Waals surface area contributed by atoms with Crippen LogP contribution in [0.1, 0.15) is 108 Å². The highest BCUT2D eigenvalue weighted by Crippen LogP contribution is 2.43. The Morgan fingerprint density at radius 3 is 1.88 bits per heavy atom. The summed E-state index contributed by atoms with van der Waals surface area (Å²) in [7, 11) is 0. The molecule has 0 radical (unpaired) electrons. The van der Waals surface area contributed by atoms with Crippen LogP contribution in [0.25, 0.3) is 0 Å². The van der Waals surface area contributed by atoms with Crippen molar-refractivity contribution in [2.24, 2.45) is 0 Å². The van der Waals surface area contributed by atoms with Crippen molar-refractivity contribution >= 4 is 35.1 Å². The molecule has 0 saturated carbocycles. The van der Waals surface area contributed by atoms with Gasteiger partial charge in [0.2, 0.25) is 0 Å². The van der Waals surface area contributed by atoms with E-state index in [4.69, 9.17) is 14.6 Å². The number of carboxylic acid groups (broad SMARTS) is 2. The van der Waals surface area contributed by atoms with Crippen molar-refractivity contribution in [3.63, 3.8) is 0 Å². The van der Waals surface area contributed by atoms with E-state index >= 15 is 0 Å². The van der Waals surface area contributed by atoms with E-state index in [2.05, 4.69) is 0 Å². The van der Waals surface area contributed by atoms with Crippen molar-refractivity contribution in [1.82, 2.24) is 0 Å². The molecule has 7 atom stereocenters. The van der Waals surface area contributed by atoms with Gasteiger partial charge in [0, 0.05) is 30.2 Å². The van der Waals surface area contributed by atoms with E-state index in [1.165, 1.54) is 0 Å². The number of hydrogen-bond acceptors (Lipinski definition) is 9. The summed E-state index contributed by atoms with van der Waals surface area (Å²) >= 11 is -1.29. The first kappa shape index (κ1) is 39.3. The average Bonchev–Trinajstić information content (AvgIpc) is 3.03. The zero-order chi connectivity index (χ0) is 36.6. The Morgan fingerprint density at radius 2 is 1.30 bits per heavy atom. The van der Waals surface area contributed by atoms with Crippen molar-refractivity contribution in [2.45, 2.75) is 131 Å². The third kappa shape index (κ3) is 10.3. The molecule has 7 unspecified atom stereocenters. The normalized spacial score (nSPS) is 26.9. The van der Waals surface area contributed by atoms with Crippen LogP contribution in [0.2, 0.25) is 0 Å². The van der Waals surface area contributed by atoms with Crippen molar-refractivity contribution in [3.8, 4) is 0 Å². The van der Waals surface area contributed by atoms with E-state index in [1.807, 2.05) is 74.5 Å². The molecular weight excluding hydrogens is 664 g/mol. The van der Waals surface area contributed by atoms with E-state index in [-0.39, 0.29) is 25.7 Å². The summed E-state index contributed by atoms with van der Waals surface area (Å²) in [5, 5.41) is 40.3. The molecule has 0 aromatic heterocycles. The number of hydrogen-bond donors (Lipinski definition) is 4. The molecule has 0 amide bonds. The minimum Gasteiger partial charge on any atom is -0.616 e. The number of aliphatic hydroxyl groups is 2. The monoisotopic (exact) mass is 714 g/mol. The Bertz CT molecular complexity index is 1460. The fourth-order valence-electron chi connectivity index (χ4n) is 7.59. The predicted molar refractivity (Wildman–Crippen MR) is 186 cm³/mol. The van der Waals surface area contributed by atoms with Crippen LogP contribution in [0.5, 0.6) is 0 Å². The topological polar surface area (TPSA) is 191 Å². The van der Waals surface area contributed by atoms with Crippen molar-refractivity contribution in [2.75, 3.05) is 5.75 Å². The molecule has 50 heavy (non-hydrogen) atoms. The second-order valence-corrected chi connectivity index (χ2v) is 16.6. The zero-order valence-corrected chi connectivity index (χ0v) is 29.7. The van der Waals surface area contributed by atoms with Crippen LogP contribution in [0.3, 0.4) is 0 Å². The number of cyclic esters (lactones) is 2. The lowest BCUT2D eigenvalue weighted by molar-refractivity contribution is -0.180. The minimum absolute atomic E-state index is 0.00660. The molecule has 2 aliphatic heterocycles. The second-order valence-electron chi connectivity index (χ2n) is 14.6. The summed E-state index contributed by atoms with van der Waals surface area (Å²) < 4.78 is 24.6. The van der Waals surface area contributed by atoms with E-state index in [1.54, 1.807) is 0 Å². The highest BCUT2D eigenvalue weighted by atomic mass is 32.2. The maximum Gasteiger partial charge on any atom is 0.309 e. The smallest absolute Gasteiger partial charge is 0.309 e. The van der Waals surface area contributed by atoms with E-state index < -0.39 is 81.5 Å². The van der Waals surface area contributed by atoms with Gasteiger partial charge in [0.05, 0.1) is 36.9 Å². The van der Waals surface area contributed by atoms with Gasteiger partial charge in [-0.3, -0.25) is 19.2 Å². The SMILES string of the molecule is CC(CCCC[S+]([O-])C(C)(CCCCC1CC(O)(CC(=O)O)CC(=O)O1)c1ccccc1)(c1ccccc1)C1CC(O)(CC(=O)O)CC(=O)O1. The first-order valence-corrected chi connectivity index (χ1v) is 18.6. The number of carboxylic acids is 2. The number of benzene rings is 2. The van der Waals surface area contributed by atoms with Gasteiger partial charge in [0.1, 0.15) is 22.7 Å². The fourth-order valence-corrected chi connectivity index (χ4v) is 9.27. The summed E-state index contributed by atoms with van der Waals surface area (Å²) in [6.45, 7) is 3.95. The van der Waals surface area contributed by atoms with Crippen LogP contribution in [0, 0.1) is 0 Å². The van der Waals surface area contributed by atoms with Crippen LogP contribution < -0.4 is 0 Å². The first-order valence-electron chi connectivity index (χ1n) is 17.3. The quantitative estimate of drug-likeness (QED) is 0.0906. The molecule has 0 aliphatic carbocycles. The minimum atomic E-state index is -1.71. The Hall–Kier alpha value is -3.45. The first-order chi connectivity index (χ1) is 23.6. The Kier molecular flexibility index (Phi) is 13.1. The summed E-state index contributed by atoms with van der Waals surface area (Å²) in [6.07, 6.45) is 1.06. The van der Waals surface area contributed by atoms with Gasteiger partial charge in [0.25, 0.3) is 0 Å². The van der Waals surface area contributed by atoms with Crippen molar-refractivity contribution in [1.29, 1.82) is 0 Å². The molecule has 2 aromatic carbocycles. The van der Waals surface area contributed by atoms with Gasteiger partial charge < -0.3 is 34.5 Å². The number of aliphatic carboxylic acids is 2. The Morgan fingerprint density at radius 1 is 0.780 bits per heavy atom. The summed E-state index contributed by atoms with van der Waals surface area (Å²) in [5.74, 6) is -3.20. The number of unbranched alkanes of at least 4 members (excludes halogenated alkanes) is 2. The average molecular weight is 715 g/mol. The van der Waals surface area contributed by atoms with Gasteiger partial charge in [-0.2, -0.15) is 0 Å². The molecule has 4 N–H and O–H groups in total. The molecule has 12 heteroatoms. The molecule has 11 nitrogen and oxygen atoms in total. The van der Waals surface area contributed by atoms with Gasteiger partial charge in [-0.25, -0.2) is 0 Å². The molecular formula is C38H50O11S. The van der Waals surface area contributed by atoms with Gasteiger partial charge in [-0.05, 0) is 62.2 Å². The molecule has 2 fully saturated rings.